The van der Waals surface area contributed by atoms with Crippen molar-refractivity contribution < 1.29 is 0 Å². The Kier molecular flexibility index (Phi) is 4.81. The van der Waals surface area contributed by atoms with Crippen molar-refractivity contribution in [2.75, 3.05) is 29.6 Å². The normalized spacial score (nSPS) is 10.2. The number of aromatic nitrogens is 4. The zero-order valence-corrected chi connectivity index (χ0v) is 13.6. The van der Waals surface area contributed by atoms with Crippen molar-refractivity contribution in [2.24, 2.45) is 0 Å². The Labute approximate surface area is 140 Å². The van der Waals surface area contributed by atoms with Crippen LogP contribution in [0.25, 0.3) is 0 Å². The molecule has 3 rings (SSSR count). The minimum atomic E-state index is 0.454. The molecule has 7 heteroatoms. The Bertz CT molecular complexity index is 772. The summed E-state index contributed by atoms with van der Waals surface area (Å²) < 4.78 is 0. The van der Waals surface area contributed by atoms with Gasteiger partial charge in [0.15, 0.2) is 5.82 Å². The summed E-state index contributed by atoms with van der Waals surface area (Å²) >= 11 is 0. The number of hydrogen-bond donors (Lipinski definition) is 2. The van der Waals surface area contributed by atoms with Crippen molar-refractivity contribution in [3.63, 3.8) is 0 Å². The average Bonchev–Trinajstić information content (AvgIpc) is 2.62. The maximum atomic E-state index is 4.41. The number of rotatable bonds is 6. The summed E-state index contributed by atoms with van der Waals surface area (Å²) in [5, 5.41) is 14.3. The standard InChI is InChI=1S/C17H19N7/c1-24(2)15-8-6-13(7-9-15)21-16-12-20-23-17(22-16)19-11-14-5-3-4-10-18-14/h3-10,12H,11H2,1-2H3,(H2,19,21,22,23). The zero-order chi connectivity index (χ0) is 16.8. The fraction of sp³-hybridized carbons (Fsp3) is 0.176. The van der Waals surface area contributed by atoms with Gasteiger partial charge >= 0.3 is 0 Å². The summed E-state index contributed by atoms with van der Waals surface area (Å²) in [4.78, 5) is 10.7. The van der Waals surface area contributed by atoms with E-state index in [9.17, 15) is 0 Å². The molecule has 2 aromatic heterocycles. The van der Waals surface area contributed by atoms with Gasteiger partial charge in [0.05, 0.1) is 18.4 Å². The Balaban J connectivity index is 1.64. The summed E-state index contributed by atoms with van der Waals surface area (Å²) in [6.45, 7) is 0.545. The summed E-state index contributed by atoms with van der Waals surface area (Å²) in [5.41, 5.74) is 2.99. The number of benzene rings is 1. The van der Waals surface area contributed by atoms with Gasteiger partial charge in [-0.1, -0.05) is 6.07 Å². The first kappa shape index (κ1) is 15.7. The van der Waals surface area contributed by atoms with Crippen LogP contribution in [-0.2, 0) is 6.54 Å². The smallest absolute Gasteiger partial charge is 0.245 e. The molecule has 24 heavy (non-hydrogen) atoms. The van der Waals surface area contributed by atoms with Crippen LogP contribution in [0.2, 0.25) is 0 Å². The monoisotopic (exact) mass is 321 g/mol. The van der Waals surface area contributed by atoms with Gasteiger partial charge in [-0.25, -0.2) is 0 Å². The van der Waals surface area contributed by atoms with Crippen LogP contribution in [0.5, 0.6) is 0 Å². The molecule has 0 saturated heterocycles. The van der Waals surface area contributed by atoms with Gasteiger partial charge in [-0.15, -0.1) is 5.10 Å². The Morgan fingerprint density at radius 2 is 1.88 bits per heavy atom. The molecule has 7 nitrogen and oxygen atoms in total. The van der Waals surface area contributed by atoms with E-state index in [1.807, 2.05) is 56.6 Å². The van der Waals surface area contributed by atoms with Crippen LogP contribution >= 0.6 is 0 Å². The van der Waals surface area contributed by atoms with E-state index >= 15 is 0 Å². The molecule has 0 aliphatic carbocycles. The lowest BCUT2D eigenvalue weighted by molar-refractivity contribution is 0.934. The Hall–Kier alpha value is -3.22. The molecule has 122 valence electrons. The van der Waals surface area contributed by atoms with Crippen LogP contribution < -0.4 is 15.5 Å². The van der Waals surface area contributed by atoms with E-state index in [1.54, 1.807) is 12.4 Å². The van der Waals surface area contributed by atoms with Gasteiger partial charge < -0.3 is 15.5 Å². The van der Waals surface area contributed by atoms with Crippen LogP contribution in [-0.4, -0.2) is 34.3 Å². The second-order valence-corrected chi connectivity index (χ2v) is 5.41. The second kappa shape index (κ2) is 7.36. The van der Waals surface area contributed by atoms with Crippen molar-refractivity contribution in [1.29, 1.82) is 0 Å². The van der Waals surface area contributed by atoms with Gasteiger partial charge in [0.25, 0.3) is 0 Å². The highest BCUT2D eigenvalue weighted by Gasteiger charge is 2.02. The predicted molar refractivity (Wildman–Crippen MR) is 95.4 cm³/mol. The average molecular weight is 321 g/mol. The molecule has 0 aliphatic rings. The first-order chi connectivity index (χ1) is 11.7. The fourth-order valence-electron chi connectivity index (χ4n) is 2.10. The number of pyridine rings is 1. The van der Waals surface area contributed by atoms with E-state index < -0.39 is 0 Å². The molecule has 0 radical (unpaired) electrons. The maximum Gasteiger partial charge on any atom is 0.245 e. The van der Waals surface area contributed by atoms with Crippen molar-refractivity contribution in [2.45, 2.75) is 6.54 Å². The molecular weight excluding hydrogens is 302 g/mol. The van der Waals surface area contributed by atoms with Crippen LogP contribution in [0.4, 0.5) is 23.1 Å². The van der Waals surface area contributed by atoms with Gasteiger partial charge in [-0.2, -0.15) is 10.1 Å². The first-order valence-corrected chi connectivity index (χ1v) is 7.58. The first-order valence-electron chi connectivity index (χ1n) is 7.58. The minimum Gasteiger partial charge on any atom is -0.378 e. The van der Waals surface area contributed by atoms with E-state index in [2.05, 4.69) is 35.7 Å². The van der Waals surface area contributed by atoms with E-state index in [4.69, 9.17) is 0 Å². The summed E-state index contributed by atoms with van der Waals surface area (Å²) in [6.07, 6.45) is 3.34. The third-order valence-electron chi connectivity index (χ3n) is 3.37. The molecule has 0 bridgehead atoms. The van der Waals surface area contributed by atoms with Gasteiger partial charge in [-0.3, -0.25) is 4.98 Å². The van der Waals surface area contributed by atoms with Gasteiger partial charge in [0, 0.05) is 31.7 Å². The molecular formula is C17H19N7. The van der Waals surface area contributed by atoms with Crippen LogP contribution in [0.3, 0.4) is 0 Å². The molecule has 1 aromatic carbocycles. The summed E-state index contributed by atoms with van der Waals surface area (Å²) in [5.74, 6) is 1.08. The van der Waals surface area contributed by atoms with Crippen molar-refractivity contribution in [3.8, 4) is 0 Å². The summed E-state index contributed by atoms with van der Waals surface area (Å²) in [7, 11) is 4.02. The lowest BCUT2D eigenvalue weighted by Crippen LogP contribution is -2.08. The Morgan fingerprint density at radius 3 is 2.58 bits per heavy atom. The zero-order valence-electron chi connectivity index (χ0n) is 13.6. The highest BCUT2D eigenvalue weighted by molar-refractivity contribution is 5.60. The topological polar surface area (TPSA) is 78.9 Å². The van der Waals surface area contributed by atoms with Crippen molar-refractivity contribution in [3.05, 3.63) is 60.6 Å². The van der Waals surface area contributed by atoms with E-state index in [-0.39, 0.29) is 0 Å². The second-order valence-electron chi connectivity index (χ2n) is 5.41. The van der Waals surface area contributed by atoms with E-state index in [0.717, 1.165) is 17.1 Å². The molecule has 2 N–H and O–H groups in total. The van der Waals surface area contributed by atoms with Crippen LogP contribution in [0.15, 0.2) is 54.9 Å². The highest BCUT2D eigenvalue weighted by atomic mass is 15.3. The fourth-order valence-corrected chi connectivity index (χ4v) is 2.10. The molecule has 0 aliphatic heterocycles. The molecule has 2 heterocycles. The van der Waals surface area contributed by atoms with Gasteiger partial charge in [-0.05, 0) is 36.4 Å². The SMILES string of the molecule is CN(C)c1ccc(Nc2cnnc(NCc3ccccn3)n2)cc1. The van der Waals surface area contributed by atoms with Gasteiger partial charge in [0.2, 0.25) is 5.95 Å². The molecule has 3 aromatic rings. The molecule has 0 amide bonds. The lowest BCUT2D eigenvalue weighted by Gasteiger charge is -2.13. The molecule has 0 spiro atoms. The Morgan fingerprint density at radius 1 is 1.04 bits per heavy atom. The molecule has 0 unspecified atom stereocenters. The third-order valence-corrected chi connectivity index (χ3v) is 3.37. The van der Waals surface area contributed by atoms with Crippen LogP contribution in [0, 0.1) is 0 Å². The van der Waals surface area contributed by atoms with Crippen molar-refractivity contribution in [1.82, 2.24) is 20.2 Å². The molecule has 0 atom stereocenters. The summed E-state index contributed by atoms with van der Waals surface area (Å²) in [6, 6.07) is 13.8. The number of hydrogen-bond acceptors (Lipinski definition) is 7. The maximum absolute atomic E-state index is 4.41. The molecule has 0 fully saturated rings. The minimum absolute atomic E-state index is 0.454. The van der Waals surface area contributed by atoms with Crippen LogP contribution in [0.1, 0.15) is 5.69 Å². The lowest BCUT2D eigenvalue weighted by atomic mass is 10.2. The highest BCUT2D eigenvalue weighted by Crippen LogP contribution is 2.18. The van der Waals surface area contributed by atoms with Gasteiger partial charge in [0.1, 0.15) is 0 Å². The van der Waals surface area contributed by atoms with E-state index in [0.29, 0.717) is 18.3 Å². The number of anilines is 4. The number of nitrogens with zero attached hydrogens (tertiary/aromatic N) is 5. The predicted octanol–water partition coefficient (Wildman–Crippen LogP) is 2.69. The largest absolute Gasteiger partial charge is 0.378 e. The van der Waals surface area contributed by atoms with Crippen molar-refractivity contribution >= 4 is 23.1 Å². The number of nitrogens with one attached hydrogen (secondary N) is 2. The van der Waals surface area contributed by atoms with E-state index in [1.165, 1.54) is 0 Å². The quantitative estimate of drug-likeness (QED) is 0.722. The molecule has 0 saturated carbocycles. The third kappa shape index (κ3) is 4.16.